The fourth-order valence-electron chi connectivity index (χ4n) is 5.70. The zero-order valence-electron chi connectivity index (χ0n) is 18.4. The fraction of sp³-hybridized carbons (Fsp3) is 0.625. The van der Waals surface area contributed by atoms with E-state index in [0.717, 1.165) is 32.5 Å². The maximum absolute atomic E-state index is 15.5. The molecule has 1 atom stereocenters. The SMILES string of the molecule is O=C1CCC(N2Cc3c(ccc(N4CCC(CN5CCCCC5)CC4)c3F)C2=O)C(=O)N1. The number of halogens is 1. The van der Waals surface area contributed by atoms with Gasteiger partial charge in [0.1, 0.15) is 6.04 Å². The van der Waals surface area contributed by atoms with E-state index in [4.69, 9.17) is 0 Å². The van der Waals surface area contributed by atoms with E-state index in [1.165, 1.54) is 37.3 Å². The normalized spacial score (nSPS) is 25.3. The lowest BCUT2D eigenvalue weighted by atomic mass is 9.94. The molecule has 3 fully saturated rings. The molecule has 0 bridgehead atoms. The van der Waals surface area contributed by atoms with Crippen molar-refractivity contribution in [3.05, 3.63) is 29.1 Å². The standard InChI is InChI=1S/C24H31FN4O3/c25-22-18-15-29(20-6-7-21(30)26-23(20)31)24(32)17(18)4-5-19(22)28-12-8-16(9-13-28)14-27-10-2-1-3-11-27/h4-5,16,20H,1-3,6-15H2,(H,26,30,31). The second kappa shape index (κ2) is 8.81. The first-order valence-electron chi connectivity index (χ1n) is 11.9. The number of carbonyl (C=O) groups excluding carboxylic acids is 3. The Labute approximate surface area is 187 Å². The van der Waals surface area contributed by atoms with E-state index in [-0.39, 0.29) is 37.0 Å². The van der Waals surface area contributed by atoms with Gasteiger partial charge in [-0.2, -0.15) is 0 Å². The summed E-state index contributed by atoms with van der Waals surface area (Å²) in [6.45, 7) is 5.27. The van der Waals surface area contributed by atoms with Crippen LogP contribution in [0.15, 0.2) is 12.1 Å². The second-order valence-electron chi connectivity index (χ2n) is 9.62. The third kappa shape index (κ3) is 4.00. The summed E-state index contributed by atoms with van der Waals surface area (Å²) in [6.07, 6.45) is 6.51. The van der Waals surface area contributed by atoms with Gasteiger partial charge in [0.05, 0.1) is 12.2 Å². The van der Waals surface area contributed by atoms with E-state index in [2.05, 4.69) is 15.1 Å². The van der Waals surface area contributed by atoms with Crippen LogP contribution in [0.25, 0.3) is 0 Å². The number of benzene rings is 1. The molecule has 3 amide bonds. The molecule has 4 aliphatic heterocycles. The van der Waals surface area contributed by atoms with Crippen molar-refractivity contribution >= 4 is 23.4 Å². The van der Waals surface area contributed by atoms with Crippen LogP contribution in [0.2, 0.25) is 0 Å². The predicted octanol–water partition coefficient (Wildman–Crippen LogP) is 2.29. The Balaban J connectivity index is 1.25. The molecule has 1 aromatic carbocycles. The van der Waals surface area contributed by atoms with Gasteiger partial charge in [-0.15, -0.1) is 0 Å². The molecule has 32 heavy (non-hydrogen) atoms. The van der Waals surface area contributed by atoms with Crippen LogP contribution in [0.4, 0.5) is 10.1 Å². The van der Waals surface area contributed by atoms with E-state index in [9.17, 15) is 14.4 Å². The number of nitrogens with one attached hydrogen (secondary N) is 1. The first kappa shape index (κ1) is 21.4. The molecule has 0 aliphatic carbocycles. The minimum atomic E-state index is -0.721. The Bertz CT molecular complexity index is 922. The Kier molecular flexibility index (Phi) is 5.88. The number of anilines is 1. The number of imide groups is 1. The van der Waals surface area contributed by atoms with Gasteiger partial charge >= 0.3 is 0 Å². The van der Waals surface area contributed by atoms with E-state index in [0.29, 0.717) is 22.7 Å². The van der Waals surface area contributed by atoms with Gasteiger partial charge in [-0.1, -0.05) is 6.42 Å². The van der Waals surface area contributed by atoms with Gasteiger partial charge in [-0.3, -0.25) is 19.7 Å². The van der Waals surface area contributed by atoms with Crippen LogP contribution < -0.4 is 10.2 Å². The van der Waals surface area contributed by atoms with Crippen LogP contribution in [0.5, 0.6) is 0 Å². The summed E-state index contributed by atoms with van der Waals surface area (Å²) in [5.41, 5.74) is 1.25. The number of nitrogens with zero attached hydrogens (tertiary/aromatic N) is 3. The molecule has 3 saturated heterocycles. The van der Waals surface area contributed by atoms with Crippen LogP contribution >= 0.6 is 0 Å². The first-order valence-corrected chi connectivity index (χ1v) is 11.9. The summed E-state index contributed by atoms with van der Waals surface area (Å²) in [6, 6.07) is 2.69. The predicted molar refractivity (Wildman–Crippen MR) is 118 cm³/mol. The number of piperidine rings is 3. The highest BCUT2D eigenvalue weighted by atomic mass is 19.1. The summed E-state index contributed by atoms with van der Waals surface area (Å²) in [7, 11) is 0. The molecule has 0 saturated carbocycles. The molecule has 1 unspecified atom stereocenters. The van der Waals surface area contributed by atoms with Gasteiger partial charge in [0.2, 0.25) is 11.8 Å². The molecule has 0 spiro atoms. The van der Waals surface area contributed by atoms with Crippen molar-refractivity contribution in [1.82, 2.24) is 15.1 Å². The smallest absolute Gasteiger partial charge is 0.255 e. The van der Waals surface area contributed by atoms with Crippen LogP contribution in [0, 0.1) is 11.7 Å². The summed E-state index contributed by atoms with van der Waals surface area (Å²) in [5.74, 6) is -0.821. The zero-order valence-corrected chi connectivity index (χ0v) is 18.4. The van der Waals surface area contributed by atoms with Crippen molar-refractivity contribution < 1.29 is 18.8 Å². The van der Waals surface area contributed by atoms with Crippen LogP contribution in [0.3, 0.4) is 0 Å². The summed E-state index contributed by atoms with van der Waals surface area (Å²) < 4.78 is 15.5. The molecule has 4 aliphatic rings. The second-order valence-corrected chi connectivity index (χ2v) is 9.62. The van der Waals surface area contributed by atoms with Gasteiger partial charge in [-0.05, 0) is 63.2 Å². The number of hydrogen-bond donors (Lipinski definition) is 1. The molecule has 1 aromatic rings. The maximum atomic E-state index is 15.5. The Morgan fingerprint density at radius 3 is 2.44 bits per heavy atom. The summed E-state index contributed by atoms with van der Waals surface area (Å²) in [4.78, 5) is 42.6. The van der Waals surface area contributed by atoms with Gasteiger partial charge < -0.3 is 14.7 Å². The third-order valence-corrected chi connectivity index (χ3v) is 7.55. The number of fused-ring (bicyclic) bond motifs is 1. The van der Waals surface area contributed by atoms with E-state index < -0.39 is 11.9 Å². The number of likely N-dealkylation sites (tertiary alicyclic amines) is 1. The molecule has 4 heterocycles. The molecule has 5 rings (SSSR count). The molecular weight excluding hydrogens is 411 g/mol. The monoisotopic (exact) mass is 442 g/mol. The molecular formula is C24H31FN4O3. The topological polar surface area (TPSA) is 73.0 Å². The van der Waals surface area contributed by atoms with Gasteiger partial charge in [-0.25, -0.2) is 4.39 Å². The summed E-state index contributed by atoms with van der Waals surface area (Å²) >= 11 is 0. The molecule has 1 N–H and O–H groups in total. The minimum absolute atomic E-state index is 0.0749. The van der Waals surface area contributed by atoms with Crippen molar-refractivity contribution in [3.63, 3.8) is 0 Å². The molecule has 7 nitrogen and oxygen atoms in total. The lowest BCUT2D eigenvalue weighted by Gasteiger charge is -2.37. The number of hydrogen-bond acceptors (Lipinski definition) is 5. The van der Waals surface area contributed by atoms with Crippen molar-refractivity contribution in [1.29, 1.82) is 0 Å². The lowest BCUT2D eigenvalue weighted by molar-refractivity contribution is -0.136. The average Bonchev–Trinajstić information content (AvgIpc) is 3.13. The summed E-state index contributed by atoms with van der Waals surface area (Å²) in [5, 5.41) is 2.29. The van der Waals surface area contributed by atoms with Crippen molar-refractivity contribution in [3.8, 4) is 0 Å². The molecule has 172 valence electrons. The van der Waals surface area contributed by atoms with Gasteiger partial charge in [0.25, 0.3) is 5.91 Å². The Morgan fingerprint density at radius 2 is 1.72 bits per heavy atom. The zero-order chi connectivity index (χ0) is 22.2. The average molecular weight is 443 g/mol. The van der Waals surface area contributed by atoms with Crippen molar-refractivity contribution in [2.75, 3.05) is 37.6 Å². The minimum Gasteiger partial charge on any atom is -0.369 e. The number of carbonyl (C=O) groups is 3. The highest BCUT2D eigenvalue weighted by molar-refractivity contribution is 6.05. The van der Waals surface area contributed by atoms with E-state index in [1.807, 2.05) is 0 Å². The highest BCUT2D eigenvalue weighted by Gasteiger charge is 2.41. The van der Waals surface area contributed by atoms with Crippen LogP contribution in [-0.2, 0) is 16.1 Å². The quantitative estimate of drug-likeness (QED) is 0.725. The highest BCUT2D eigenvalue weighted by Crippen LogP contribution is 2.35. The van der Waals surface area contributed by atoms with Crippen LogP contribution in [-0.4, -0.2) is 66.3 Å². The van der Waals surface area contributed by atoms with E-state index >= 15 is 4.39 Å². The van der Waals surface area contributed by atoms with Gasteiger partial charge in [0, 0.05) is 37.2 Å². The molecule has 0 radical (unpaired) electrons. The van der Waals surface area contributed by atoms with Crippen molar-refractivity contribution in [2.24, 2.45) is 5.92 Å². The maximum Gasteiger partial charge on any atom is 0.255 e. The third-order valence-electron chi connectivity index (χ3n) is 7.55. The number of rotatable bonds is 4. The van der Waals surface area contributed by atoms with E-state index in [1.54, 1.807) is 12.1 Å². The Hall–Kier alpha value is -2.48. The largest absolute Gasteiger partial charge is 0.369 e. The van der Waals surface area contributed by atoms with Crippen molar-refractivity contribution in [2.45, 2.75) is 57.5 Å². The Morgan fingerprint density at radius 1 is 0.969 bits per heavy atom. The van der Waals surface area contributed by atoms with Gasteiger partial charge in [0.15, 0.2) is 5.82 Å². The van der Waals surface area contributed by atoms with Crippen LogP contribution in [0.1, 0.15) is 60.9 Å². The molecule has 8 heteroatoms. The lowest BCUT2D eigenvalue weighted by Crippen LogP contribution is -2.52. The fourth-order valence-corrected chi connectivity index (χ4v) is 5.70. The molecule has 0 aromatic heterocycles. The first-order chi connectivity index (χ1) is 15.5. The number of amides is 3.